The zero-order chi connectivity index (χ0) is 16.8. The maximum Gasteiger partial charge on any atom is 0.225 e. The minimum atomic E-state index is -0.103. The maximum atomic E-state index is 11.9. The van der Waals surface area contributed by atoms with Crippen LogP contribution < -0.4 is 10.1 Å². The summed E-state index contributed by atoms with van der Waals surface area (Å²) < 4.78 is 6.42. The third kappa shape index (κ3) is 5.68. The number of pyridine rings is 1. The Morgan fingerprint density at radius 3 is 2.83 bits per heavy atom. The molecule has 7 heteroatoms. The normalized spacial score (nSPS) is 10.4. The molecule has 0 fully saturated rings. The monoisotopic (exact) mass is 416 g/mol. The molecule has 0 saturated carbocycles. The summed E-state index contributed by atoms with van der Waals surface area (Å²) in [4.78, 5) is 16.1. The first-order valence-electron chi connectivity index (χ1n) is 6.95. The Morgan fingerprint density at radius 1 is 1.35 bits per heavy atom. The Balaban J connectivity index is 1.76. The number of halogens is 3. The van der Waals surface area contributed by atoms with E-state index in [0.717, 1.165) is 10.0 Å². The lowest BCUT2D eigenvalue weighted by molar-refractivity contribution is -0.116. The molecule has 0 aliphatic heterocycles. The number of carbonyl (C=O) groups is 1. The van der Waals surface area contributed by atoms with Crippen molar-refractivity contribution < 1.29 is 9.53 Å². The molecule has 1 aromatic carbocycles. The van der Waals surface area contributed by atoms with Gasteiger partial charge in [-0.05, 0) is 59.1 Å². The van der Waals surface area contributed by atoms with Crippen molar-refractivity contribution in [2.75, 3.05) is 11.9 Å². The quantitative estimate of drug-likeness (QED) is 0.652. The van der Waals surface area contributed by atoms with Crippen molar-refractivity contribution in [2.45, 2.75) is 19.8 Å². The van der Waals surface area contributed by atoms with Gasteiger partial charge in [0.1, 0.15) is 11.6 Å². The molecule has 0 spiro atoms. The number of nitrogens with zero attached hydrogens (tertiary/aromatic N) is 1. The van der Waals surface area contributed by atoms with Crippen molar-refractivity contribution in [1.82, 2.24) is 4.98 Å². The minimum absolute atomic E-state index is 0.103. The van der Waals surface area contributed by atoms with Gasteiger partial charge in [-0.1, -0.05) is 23.2 Å². The number of nitrogens with one attached hydrogen (secondary N) is 1. The van der Waals surface area contributed by atoms with Gasteiger partial charge in [0.05, 0.1) is 11.6 Å². The summed E-state index contributed by atoms with van der Waals surface area (Å²) in [7, 11) is 0. The standard InChI is InChI=1S/C16H15BrCl2N2O2/c1-10-7-11(17)9-20-16(10)21-15(22)3-2-6-23-14-5-4-12(18)8-13(14)19/h4-5,7-9H,2-3,6H2,1H3,(H,20,21,22). The van der Waals surface area contributed by atoms with Crippen LogP contribution >= 0.6 is 39.1 Å². The molecule has 23 heavy (non-hydrogen) atoms. The van der Waals surface area contributed by atoms with Crippen molar-refractivity contribution in [3.8, 4) is 5.75 Å². The number of carbonyl (C=O) groups excluding carboxylic acids is 1. The number of amides is 1. The number of benzene rings is 1. The molecule has 1 amide bonds. The van der Waals surface area contributed by atoms with Crippen LogP contribution in [0.4, 0.5) is 5.82 Å². The van der Waals surface area contributed by atoms with Gasteiger partial charge in [0.25, 0.3) is 0 Å². The van der Waals surface area contributed by atoms with Crippen LogP contribution in [0, 0.1) is 6.92 Å². The third-order valence-electron chi connectivity index (χ3n) is 3.00. The summed E-state index contributed by atoms with van der Waals surface area (Å²) in [6.45, 7) is 2.28. The second kappa shape index (κ2) is 8.52. The zero-order valence-corrected chi connectivity index (χ0v) is 15.5. The molecule has 0 unspecified atom stereocenters. The van der Waals surface area contributed by atoms with Gasteiger partial charge >= 0.3 is 0 Å². The topological polar surface area (TPSA) is 51.2 Å². The van der Waals surface area contributed by atoms with Gasteiger partial charge in [-0.25, -0.2) is 4.98 Å². The lowest BCUT2D eigenvalue weighted by Gasteiger charge is -2.09. The molecular weight excluding hydrogens is 403 g/mol. The van der Waals surface area contributed by atoms with Gasteiger partial charge in [0, 0.05) is 22.1 Å². The van der Waals surface area contributed by atoms with Crippen LogP contribution in [0.15, 0.2) is 34.9 Å². The number of hydrogen-bond acceptors (Lipinski definition) is 3. The molecule has 122 valence electrons. The van der Waals surface area contributed by atoms with Gasteiger partial charge in [0.15, 0.2) is 0 Å². The molecule has 0 atom stereocenters. The molecule has 0 bridgehead atoms. The Kier molecular flexibility index (Phi) is 6.69. The molecule has 0 saturated heterocycles. The highest BCUT2D eigenvalue weighted by Crippen LogP contribution is 2.27. The Hall–Kier alpha value is -1.30. The van der Waals surface area contributed by atoms with Crippen molar-refractivity contribution in [1.29, 1.82) is 0 Å². The van der Waals surface area contributed by atoms with Gasteiger partial charge in [-0.15, -0.1) is 0 Å². The molecule has 2 aromatic rings. The summed E-state index contributed by atoms with van der Waals surface area (Å²) >= 11 is 15.2. The van der Waals surface area contributed by atoms with E-state index in [-0.39, 0.29) is 5.91 Å². The fraction of sp³-hybridized carbons (Fsp3) is 0.250. The van der Waals surface area contributed by atoms with Crippen LogP contribution in [0.3, 0.4) is 0 Å². The van der Waals surface area contributed by atoms with Gasteiger partial charge < -0.3 is 10.1 Å². The molecule has 1 aromatic heterocycles. The van der Waals surface area contributed by atoms with E-state index in [2.05, 4.69) is 26.2 Å². The number of aryl methyl sites for hydroxylation is 1. The zero-order valence-electron chi connectivity index (χ0n) is 12.4. The molecule has 1 N–H and O–H groups in total. The third-order valence-corrected chi connectivity index (χ3v) is 3.97. The van der Waals surface area contributed by atoms with Crippen LogP contribution in [-0.4, -0.2) is 17.5 Å². The minimum Gasteiger partial charge on any atom is -0.492 e. The Morgan fingerprint density at radius 2 is 2.13 bits per heavy atom. The Bertz CT molecular complexity index is 710. The van der Waals surface area contributed by atoms with Crippen molar-refractivity contribution in [3.05, 3.63) is 50.5 Å². The maximum absolute atomic E-state index is 11.9. The molecule has 0 radical (unpaired) electrons. The van der Waals surface area contributed by atoms with Crippen LogP contribution in [-0.2, 0) is 4.79 Å². The van der Waals surface area contributed by atoms with E-state index in [1.807, 2.05) is 13.0 Å². The predicted molar refractivity (Wildman–Crippen MR) is 96.5 cm³/mol. The summed E-state index contributed by atoms with van der Waals surface area (Å²) in [5.74, 6) is 1.02. The van der Waals surface area contributed by atoms with Crippen LogP contribution in [0.25, 0.3) is 0 Å². The van der Waals surface area contributed by atoms with E-state index >= 15 is 0 Å². The van der Waals surface area contributed by atoms with Crippen molar-refractivity contribution in [3.63, 3.8) is 0 Å². The first-order valence-corrected chi connectivity index (χ1v) is 8.50. The molecule has 4 nitrogen and oxygen atoms in total. The van der Waals surface area contributed by atoms with Crippen molar-refractivity contribution >= 4 is 50.9 Å². The fourth-order valence-corrected chi connectivity index (χ4v) is 2.78. The molecule has 2 rings (SSSR count). The van der Waals surface area contributed by atoms with E-state index in [1.165, 1.54) is 0 Å². The predicted octanol–water partition coefficient (Wildman–Crippen LogP) is 5.26. The van der Waals surface area contributed by atoms with Crippen LogP contribution in [0.5, 0.6) is 5.75 Å². The summed E-state index contributed by atoms with van der Waals surface area (Å²) in [6.07, 6.45) is 2.55. The van der Waals surface area contributed by atoms with Gasteiger partial charge in [-0.3, -0.25) is 4.79 Å². The van der Waals surface area contributed by atoms with E-state index in [0.29, 0.717) is 41.1 Å². The van der Waals surface area contributed by atoms with Crippen LogP contribution in [0.1, 0.15) is 18.4 Å². The van der Waals surface area contributed by atoms with E-state index in [9.17, 15) is 4.79 Å². The van der Waals surface area contributed by atoms with E-state index in [4.69, 9.17) is 27.9 Å². The highest BCUT2D eigenvalue weighted by atomic mass is 79.9. The SMILES string of the molecule is Cc1cc(Br)cnc1NC(=O)CCCOc1ccc(Cl)cc1Cl. The number of hydrogen-bond donors (Lipinski definition) is 1. The summed E-state index contributed by atoms with van der Waals surface area (Å²) in [5, 5.41) is 3.79. The molecular formula is C16H15BrCl2N2O2. The van der Waals surface area contributed by atoms with Gasteiger partial charge in [-0.2, -0.15) is 0 Å². The number of anilines is 1. The van der Waals surface area contributed by atoms with E-state index in [1.54, 1.807) is 24.4 Å². The van der Waals surface area contributed by atoms with Crippen LogP contribution in [0.2, 0.25) is 10.0 Å². The summed E-state index contributed by atoms with van der Waals surface area (Å²) in [6, 6.07) is 6.93. The van der Waals surface area contributed by atoms with Crippen molar-refractivity contribution in [2.24, 2.45) is 0 Å². The second-order valence-electron chi connectivity index (χ2n) is 4.89. The smallest absolute Gasteiger partial charge is 0.225 e. The Labute approximate surface area is 153 Å². The van der Waals surface area contributed by atoms with Gasteiger partial charge in [0.2, 0.25) is 5.91 Å². The highest BCUT2D eigenvalue weighted by Gasteiger charge is 2.07. The largest absolute Gasteiger partial charge is 0.492 e. The molecule has 0 aliphatic rings. The van der Waals surface area contributed by atoms with E-state index < -0.39 is 0 Å². The average molecular weight is 418 g/mol. The lowest BCUT2D eigenvalue weighted by Crippen LogP contribution is -2.14. The highest BCUT2D eigenvalue weighted by molar-refractivity contribution is 9.10. The number of ether oxygens (including phenoxy) is 1. The fourth-order valence-electron chi connectivity index (χ4n) is 1.87. The number of aromatic nitrogens is 1. The molecule has 1 heterocycles. The number of rotatable bonds is 6. The second-order valence-corrected chi connectivity index (χ2v) is 6.65. The summed E-state index contributed by atoms with van der Waals surface area (Å²) in [5.41, 5.74) is 0.900. The first-order chi connectivity index (χ1) is 11.0. The first kappa shape index (κ1) is 18.0. The molecule has 0 aliphatic carbocycles. The lowest BCUT2D eigenvalue weighted by atomic mass is 10.2. The average Bonchev–Trinajstić information content (AvgIpc) is 2.48.